The molecule has 202 valence electrons. The van der Waals surface area contributed by atoms with Crippen molar-refractivity contribution in [1.82, 2.24) is 14.8 Å². The standard InChI is InChI=1S/C29H20N6O4S2/c1-17-12-18(2)34(33-17)28(37)21(16-30)13-19-8-11-25(24(14-19)35(38)39)40-29-32-23-10-9-22(15-26(23)41-29)31-27(36)20-6-4-3-5-7-20/h3-15H,1-2H3,(H,31,36)/b21-13+. The van der Waals surface area contributed by atoms with Gasteiger partial charge in [0, 0.05) is 23.0 Å². The van der Waals surface area contributed by atoms with Crippen LogP contribution < -0.4 is 5.32 Å². The third-order valence-electron chi connectivity index (χ3n) is 5.90. The topological polar surface area (TPSA) is 144 Å². The number of aromatic nitrogens is 3. The van der Waals surface area contributed by atoms with E-state index >= 15 is 0 Å². The van der Waals surface area contributed by atoms with E-state index in [4.69, 9.17) is 0 Å². The number of nitro benzene ring substituents is 1. The van der Waals surface area contributed by atoms with Gasteiger partial charge in [0.1, 0.15) is 11.6 Å². The van der Waals surface area contributed by atoms with Crippen LogP contribution in [0.5, 0.6) is 0 Å². The zero-order valence-electron chi connectivity index (χ0n) is 21.7. The van der Waals surface area contributed by atoms with Crippen LogP contribution in [0, 0.1) is 35.3 Å². The van der Waals surface area contributed by atoms with Crippen molar-refractivity contribution in [3.05, 3.63) is 111 Å². The number of thiazole rings is 1. The molecule has 41 heavy (non-hydrogen) atoms. The first-order valence-corrected chi connectivity index (χ1v) is 13.8. The SMILES string of the molecule is Cc1cc(C)n(C(=O)/C(C#N)=C/c2ccc(Sc3nc4ccc(NC(=O)c5ccccc5)cc4s3)c([N+](=O)[O-])c2)n1. The normalized spacial score (nSPS) is 11.3. The van der Waals surface area contributed by atoms with Crippen molar-refractivity contribution in [2.24, 2.45) is 0 Å². The minimum atomic E-state index is -0.618. The average molecular weight is 581 g/mol. The molecular weight excluding hydrogens is 560 g/mol. The molecule has 0 bridgehead atoms. The molecule has 1 amide bonds. The van der Waals surface area contributed by atoms with Crippen molar-refractivity contribution in [3.8, 4) is 6.07 Å². The summed E-state index contributed by atoms with van der Waals surface area (Å²) in [5, 5.41) is 28.5. The number of nitro groups is 1. The number of aryl methyl sites for hydroxylation is 2. The summed E-state index contributed by atoms with van der Waals surface area (Å²) in [5.74, 6) is -0.849. The number of carbonyl (C=O) groups is 2. The van der Waals surface area contributed by atoms with Crippen molar-refractivity contribution in [3.63, 3.8) is 0 Å². The molecule has 2 heterocycles. The second kappa shape index (κ2) is 11.5. The highest BCUT2D eigenvalue weighted by Crippen LogP contribution is 2.39. The zero-order valence-corrected chi connectivity index (χ0v) is 23.3. The van der Waals surface area contributed by atoms with Crippen molar-refractivity contribution in [2.75, 3.05) is 5.32 Å². The number of rotatable bonds is 7. The van der Waals surface area contributed by atoms with Crippen LogP contribution in [0.15, 0.2) is 87.6 Å². The van der Waals surface area contributed by atoms with E-state index in [-0.39, 0.29) is 17.2 Å². The maximum absolute atomic E-state index is 12.8. The minimum Gasteiger partial charge on any atom is -0.322 e. The highest BCUT2D eigenvalue weighted by Gasteiger charge is 2.20. The highest BCUT2D eigenvalue weighted by molar-refractivity contribution is 8.01. The summed E-state index contributed by atoms with van der Waals surface area (Å²) in [5.41, 5.74) is 2.99. The van der Waals surface area contributed by atoms with Crippen LogP contribution in [0.25, 0.3) is 16.3 Å². The smallest absolute Gasteiger partial charge is 0.289 e. The predicted molar refractivity (Wildman–Crippen MR) is 157 cm³/mol. The van der Waals surface area contributed by atoms with E-state index in [1.54, 1.807) is 68.4 Å². The Morgan fingerprint density at radius 2 is 1.88 bits per heavy atom. The molecule has 2 aromatic heterocycles. The van der Waals surface area contributed by atoms with Gasteiger partial charge in [-0.15, -0.1) is 11.3 Å². The fourth-order valence-corrected chi connectivity index (χ4v) is 6.17. The summed E-state index contributed by atoms with van der Waals surface area (Å²) >= 11 is 2.48. The highest BCUT2D eigenvalue weighted by atomic mass is 32.2. The predicted octanol–water partition coefficient (Wildman–Crippen LogP) is 6.67. The molecule has 0 spiro atoms. The van der Waals surface area contributed by atoms with Crippen LogP contribution in [0.2, 0.25) is 0 Å². The molecule has 10 nitrogen and oxygen atoms in total. The van der Waals surface area contributed by atoms with Gasteiger partial charge in [-0.3, -0.25) is 19.7 Å². The third-order valence-corrected chi connectivity index (χ3v) is 8.05. The maximum atomic E-state index is 12.8. The van der Waals surface area contributed by atoms with Crippen LogP contribution in [0.3, 0.4) is 0 Å². The van der Waals surface area contributed by atoms with E-state index in [1.165, 1.54) is 23.5 Å². The Kier molecular flexibility index (Phi) is 7.73. The maximum Gasteiger partial charge on any atom is 0.289 e. The molecule has 1 N–H and O–H groups in total. The van der Waals surface area contributed by atoms with Crippen LogP contribution in [-0.2, 0) is 0 Å². The summed E-state index contributed by atoms with van der Waals surface area (Å²) in [7, 11) is 0. The van der Waals surface area contributed by atoms with E-state index in [0.29, 0.717) is 43.0 Å². The number of nitrogens with one attached hydrogen (secondary N) is 1. The van der Waals surface area contributed by atoms with Gasteiger partial charge >= 0.3 is 0 Å². The number of carbonyl (C=O) groups excluding carboxylic acids is 2. The molecule has 0 aliphatic carbocycles. The lowest BCUT2D eigenvalue weighted by Crippen LogP contribution is -2.15. The summed E-state index contributed by atoms with van der Waals surface area (Å²) in [6.45, 7) is 3.44. The van der Waals surface area contributed by atoms with E-state index in [2.05, 4.69) is 15.4 Å². The minimum absolute atomic E-state index is 0.185. The Bertz CT molecular complexity index is 1900. The van der Waals surface area contributed by atoms with Gasteiger partial charge in [0.05, 0.1) is 25.7 Å². The van der Waals surface area contributed by atoms with E-state index in [9.17, 15) is 25.0 Å². The summed E-state index contributed by atoms with van der Waals surface area (Å²) < 4.78 is 2.52. The molecule has 0 atom stereocenters. The zero-order chi connectivity index (χ0) is 29.1. The molecule has 12 heteroatoms. The first-order valence-electron chi connectivity index (χ1n) is 12.1. The lowest BCUT2D eigenvalue weighted by Gasteiger charge is -2.04. The van der Waals surface area contributed by atoms with E-state index in [0.717, 1.165) is 21.1 Å². The Labute approximate surface area is 242 Å². The lowest BCUT2D eigenvalue weighted by molar-refractivity contribution is -0.387. The number of nitriles is 1. The summed E-state index contributed by atoms with van der Waals surface area (Å²) in [6.07, 6.45) is 1.31. The molecule has 0 radical (unpaired) electrons. The quantitative estimate of drug-likeness (QED) is 0.0973. The van der Waals surface area contributed by atoms with Crippen LogP contribution in [-0.4, -0.2) is 31.5 Å². The second-order valence-corrected chi connectivity index (χ2v) is 11.2. The second-order valence-electron chi connectivity index (χ2n) is 8.88. The van der Waals surface area contributed by atoms with Crippen molar-refractivity contribution in [2.45, 2.75) is 23.1 Å². The molecule has 0 saturated carbocycles. The molecule has 0 fully saturated rings. The van der Waals surface area contributed by atoms with Crippen molar-refractivity contribution in [1.29, 1.82) is 5.26 Å². The molecular formula is C29H20N6O4S2. The Hall–Kier alpha value is -5.12. The number of amides is 1. The number of benzene rings is 3. The fraction of sp³-hybridized carbons (Fsp3) is 0.0690. The largest absolute Gasteiger partial charge is 0.322 e. The van der Waals surface area contributed by atoms with Crippen LogP contribution >= 0.6 is 23.1 Å². The molecule has 0 saturated heterocycles. The number of hydrogen-bond acceptors (Lipinski definition) is 9. The Morgan fingerprint density at radius 3 is 2.56 bits per heavy atom. The van der Waals surface area contributed by atoms with E-state index < -0.39 is 10.8 Å². The fourth-order valence-electron chi connectivity index (χ4n) is 4.02. The van der Waals surface area contributed by atoms with Crippen molar-refractivity contribution < 1.29 is 14.5 Å². The van der Waals surface area contributed by atoms with Gasteiger partial charge in [-0.1, -0.05) is 36.0 Å². The number of hydrogen-bond donors (Lipinski definition) is 1. The first kappa shape index (κ1) is 27.4. The van der Waals surface area contributed by atoms with Crippen molar-refractivity contribution >= 4 is 62.6 Å². The number of allylic oxidation sites excluding steroid dienone is 1. The van der Waals surface area contributed by atoms with Gasteiger partial charge in [0.2, 0.25) is 0 Å². The molecule has 0 aliphatic heterocycles. The lowest BCUT2D eigenvalue weighted by atomic mass is 10.1. The number of anilines is 1. The van der Waals surface area contributed by atoms with Crippen LogP contribution in [0.1, 0.15) is 32.1 Å². The van der Waals surface area contributed by atoms with Gasteiger partial charge < -0.3 is 5.32 Å². The van der Waals surface area contributed by atoms with Gasteiger partial charge in [0.25, 0.3) is 17.5 Å². The van der Waals surface area contributed by atoms with E-state index in [1.807, 2.05) is 18.2 Å². The van der Waals surface area contributed by atoms with Gasteiger partial charge in [-0.2, -0.15) is 10.4 Å². The Morgan fingerprint density at radius 1 is 1.10 bits per heavy atom. The molecule has 0 aliphatic rings. The average Bonchev–Trinajstić information content (AvgIpc) is 3.52. The van der Waals surface area contributed by atoms with Crippen LogP contribution in [0.4, 0.5) is 11.4 Å². The number of nitrogens with zero attached hydrogens (tertiary/aromatic N) is 5. The van der Waals surface area contributed by atoms with Gasteiger partial charge in [0.15, 0.2) is 4.34 Å². The molecule has 5 aromatic rings. The number of fused-ring (bicyclic) bond motifs is 1. The summed E-state index contributed by atoms with van der Waals surface area (Å²) in [4.78, 5) is 41.7. The Balaban J connectivity index is 1.38. The van der Waals surface area contributed by atoms with Gasteiger partial charge in [-0.25, -0.2) is 9.67 Å². The molecule has 5 rings (SSSR count). The molecule has 0 unspecified atom stereocenters. The third kappa shape index (κ3) is 6.06. The van der Waals surface area contributed by atoms with Gasteiger partial charge in [-0.05, 0) is 68.0 Å². The first-order chi connectivity index (χ1) is 19.7. The molecule has 3 aromatic carbocycles. The monoisotopic (exact) mass is 580 g/mol. The summed E-state index contributed by atoms with van der Waals surface area (Å²) in [6, 6.07) is 22.3.